The molecule has 1 aromatic heterocycles. The number of rotatable bonds is 2. The zero-order valence-corrected chi connectivity index (χ0v) is 12.5. The minimum absolute atomic E-state index is 0.109. The van der Waals surface area contributed by atoms with E-state index in [-0.39, 0.29) is 22.6 Å². The molecule has 3 rings (SSSR count). The Kier molecular flexibility index (Phi) is 3.10. The lowest BCUT2D eigenvalue weighted by Gasteiger charge is -2.13. The minimum atomic E-state index is -3.70. The lowest BCUT2D eigenvalue weighted by atomic mass is 10.2. The van der Waals surface area contributed by atoms with Gasteiger partial charge in [-0.25, -0.2) is 4.39 Å². The molecule has 1 amide bonds. The molecule has 1 aliphatic heterocycles. The molecule has 0 bridgehead atoms. The molecule has 0 radical (unpaired) electrons. The van der Waals surface area contributed by atoms with Gasteiger partial charge in [-0.2, -0.15) is 8.42 Å². The van der Waals surface area contributed by atoms with E-state index in [9.17, 15) is 17.6 Å². The first-order chi connectivity index (χ1) is 10.3. The van der Waals surface area contributed by atoms with E-state index in [2.05, 4.69) is 5.32 Å². The highest BCUT2D eigenvalue weighted by Gasteiger charge is 2.36. The normalized spacial score (nSPS) is 15.8. The monoisotopic (exact) mass is 325 g/mol. The van der Waals surface area contributed by atoms with Gasteiger partial charge in [0.15, 0.2) is 0 Å². The molecule has 0 saturated heterocycles. The van der Waals surface area contributed by atoms with Gasteiger partial charge in [-0.15, -0.1) is 0 Å². The van der Waals surface area contributed by atoms with E-state index in [0.717, 1.165) is 14.7 Å². The van der Waals surface area contributed by atoms with Crippen LogP contribution in [0.15, 0.2) is 35.1 Å². The predicted molar refractivity (Wildman–Crippen MR) is 78.8 cm³/mol. The number of hydrogen-bond donors (Lipinski definition) is 1. The highest BCUT2D eigenvalue weighted by atomic mass is 32.2. The lowest BCUT2D eigenvalue weighted by Crippen LogP contribution is -2.32. The fraction of sp³-hybridized carbons (Fsp3) is 0.154. The summed E-state index contributed by atoms with van der Waals surface area (Å²) in [5.74, 6) is -1.28. The van der Waals surface area contributed by atoms with Crippen molar-refractivity contribution in [3.05, 3.63) is 42.1 Å². The summed E-state index contributed by atoms with van der Waals surface area (Å²) in [6, 6.07) is 3.79. The highest BCUT2D eigenvalue weighted by Crippen LogP contribution is 2.41. The second-order valence-corrected chi connectivity index (χ2v) is 6.72. The van der Waals surface area contributed by atoms with Crippen molar-refractivity contribution in [1.82, 2.24) is 0 Å². The number of anilines is 3. The van der Waals surface area contributed by atoms with Crippen molar-refractivity contribution in [2.24, 2.45) is 0 Å². The van der Waals surface area contributed by atoms with E-state index >= 15 is 0 Å². The van der Waals surface area contributed by atoms with Gasteiger partial charge < -0.3 is 9.73 Å². The SMILES string of the molecule is CN1c2cc(F)c(NC(=O)c3ccoc3)cc2N(C)S1(=O)=O. The predicted octanol–water partition coefficient (Wildman–Crippen LogP) is 1.80. The van der Waals surface area contributed by atoms with Gasteiger partial charge in [-0.3, -0.25) is 13.4 Å². The summed E-state index contributed by atoms with van der Waals surface area (Å²) < 4.78 is 44.9. The first-order valence-electron chi connectivity index (χ1n) is 6.22. The number of halogens is 1. The molecule has 7 nitrogen and oxygen atoms in total. The largest absolute Gasteiger partial charge is 0.472 e. The number of carbonyl (C=O) groups is 1. The molecule has 0 unspecified atom stereocenters. The number of furan rings is 1. The van der Waals surface area contributed by atoms with Gasteiger partial charge in [0, 0.05) is 20.2 Å². The van der Waals surface area contributed by atoms with Gasteiger partial charge in [0.1, 0.15) is 12.1 Å². The average molecular weight is 325 g/mol. The molecule has 1 aromatic carbocycles. The molecule has 9 heteroatoms. The summed E-state index contributed by atoms with van der Waals surface area (Å²) in [4.78, 5) is 11.9. The first kappa shape index (κ1) is 14.4. The van der Waals surface area contributed by atoms with Crippen molar-refractivity contribution in [2.75, 3.05) is 28.0 Å². The number of benzene rings is 1. The van der Waals surface area contributed by atoms with Crippen molar-refractivity contribution in [1.29, 1.82) is 0 Å². The van der Waals surface area contributed by atoms with Crippen LogP contribution in [0.25, 0.3) is 0 Å². The van der Waals surface area contributed by atoms with Crippen LogP contribution in [0, 0.1) is 5.82 Å². The maximum Gasteiger partial charge on any atom is 0.326 e. The second kappa shape index (κ2) is 4.73. The van der Waals surface area contributed by atoms with Crippen molar-refractivity contribution in [3.63, 3.8) is 0 Å². The van der Waals surface area contributed by atoms with Crippen LogP contribution in [0.3, 0.4) is 0 Å². The summed E-state index contributed by atoms with van der Waals surface area (Å²) in [7, 11) is -1.00. The summed E-state index contributed by atoms with van der Waals surface area (Å²) >= 11 is 0. The highest BCUT2D eigenvalue weighted by molar-refractivity contribution is 7.94. The second-order valence-electron chi connectivity index (χ2n) is 4.73. The number of hydrogen-bond acceptors (Lipinski definition) is 4. The van der Waals surface area contributed by atoms with Gasteiger partial charge >= 0.3 is 10.2 Å². The van der Waals surface area contributed by atoms with Gasteiger partial charge in [0.2, 0.25) is 0 Å². The number of nitrogens with one attached hydrogen (secondary N) is 1. The standard InChI is InChI=1S/C13H12FN3O4S/c1-16-11-5-9(14)10(6-12(11)17(2)22(16,19)20)15-13(18)8-3-4-21-7-8/h3-7H,1-2H3,(H,15,18). The molecule has 22 heavy (non-hydrogen) atoms. The molecule has 0 atom stereocenters. The van der Waals surface area contributed by atoms with E-state index < -0.39 is 21.9 Å². The van der Waals surface area contributed by atoms with Gasteiger partial charge in [0.05, 0.1) is 28.9 Å². The quantitative estimate of drug-likeness (QED) is 0.913. The van der Waals surface area contributed by atoms with Crippen LogP contribution in [-0.4, -0.2) is 28.4 Å². The van der Waals surface area contributed by atoms with Crippen molar-refractivity contribution >= 4 is 33.2 Å². The molecule has 2 heterocycles. The maximum atomic E-state index is 14.1. The van der Waals surface area contributed by atoms with E-state index in [0.29, 0.717) is 0 Å². The first-order valence-corrected chi connectivity index (χ1v) is 7.62. The summed E-state index contributed by atoms with van der Waals surface area (Å²) in [5, 5.41) is 2.39. The molecule has 1 aliphatic rings. The number of fused-ring (bicyclic) bond motifs is 1. The molecular weight excluding hydrogens is 313 g/mol. The molecular formula is C13H12FN3O4S. The van der Waals surface area contributed by atoms with Crippen molar-refractivity contribution in [3.8, 4) is 0 Å². The Morgan fingerprint density at radius 3 is 2.45 bits per heavy atom. The van der Waals surface area contributed by atoms with E-state index in [1.165, 1.54) is 38.8 Å². The minimum Gasteiger partial charge on any atom is -0.472 e. The summed E-state index contributed by atoms with van der Waals surface area (Å²) in [6.45, 7) is 0. The fourth-order valence-electron chi connectivity index (χ4n) is 2.17. The van der Waals surface area contributed by atoms with Crippen LogP contribution in [0.1, 0.15) is 10.4 Å². The Morgan fingerprint density at radius 2 is 1.86 bits per heavy atom. The summed E-state index contributed by atoms with van der Waals surface area (Å²) in [5.41, 5.74) is 0.619. The van der Waals surface area contributed by atoms with Gasteiger partial charge in [0.25, 0.3) is 5.91 Å². The Morgan fingerprint density at radius 1 is 1.23 bits per heavy atom. The fourth-order valence-corrected chi connectivity index (χ4v) is 3.33. The zero-order valence-electron chi connectivity index (χ0n) is 11.7. The van der Waals surface area contributed by atoms with Crippen LogP contribution in [0.2, 0.25) is 0 Å². The summed E-state index contributed by atoms with van der Waals surface area (Å²) in [6.07, 6.45) is 2.55. The third-order valence-corrected chi connectivity index (χ3v) is 5.24. The molecule has 0 fully saturated rings. The third-order valence-electron chi connectivity index (χ3n) is 3.47. The van der Waals surface area contributed by atoms with E-state index in [1.54, 1.807) is 0 Å². The van der Waals surface area contributed by atoms with Crippen molar-refractivity contribution in [2.45, 2.75) is 0 Å². The van der Waals surface area contributed by atoms with Crippen LogP contribution < -0.4 is 13.9 Å². The molecule has 116 valence electrons. The number of amides is 1. The van der Waals surface area contributed by atoms with E-state index in [1.807, 2.05) is 0 Å². The van der Waals surface area contributed by atoms with Crippen LogP contribution >= 0.6 is 0 Å². The number of nitrogens with zero attached hydrogens (tertiary/aromatic N) is 2. The average Bonchev–Trinajstić information content (AvgIpc) is 3.05. The zero-order chi connectivity index (χ0) is 16.1. The molecule has 0 saturated carbocycles. The maximum absolute atomic E-state index is 14.1. The Bertz CT molecular complexity index is 848. The Labute approximate surface area is 126 Å². The topological polar surface area (TPSA) is 82.9 Å². The number of carbonyl (C=O) groups excluding carboxylic acids is 1. The molecule has 0 spiro atoms. The Balaban J connectivity index is 2.00. The van der Waals surface area contributed by atoms with Gasteiger partial charge in [-0.1, -0.05) is 0 Å². The van der Waals surface area contributed by atoms with Crippen LogP contribution in [-0.2, 0) is 10.2 Å². The smallest absolute Gasteiger partial charge is 0.326 e. The van der Waals surface area contributed by atoms with E-state index in [4.69, 9.17) is 4.42 Å². The van der Waals surface area contributed by atoms with Crippen molar-refractivity contribution < 1.29 is 22.0 Å². The van der Waals surface area contributed by atoms with Gasteiger partial charge in [-0.05, 0) is 12.1 Å². The Hall–Kier alpha value is -2.55. The third kappa shape index (κ3) is 2.01. The van der Waals surface area contributed by atoms with Crippen LogP contribution in [0.5, 0.6) is 0 Å². The molecule has 0 aliphatic carbocycles. The lowest BCUT2D eigenvalue weighted by molar-refractivity contribution is 0.102. The van der Waals surface area contributed by atoms with Crippen LogP contribution in [0.4, 0.5) is 21.5 Å². The molecule has 1 N–H and O–H groups in total. The molecule has 2 aromatic rings.